The minimum atomic E-state index is 0.0112. The molecule has 0 aromatic heterocycles. The van der Waals surface area contributed by atoms with Crippen LogP contribution in [-0.2, 0) is 9.53 Å². The molecule has 3 heteroatoms. The van der Waals surface area contributed by atoms with Crippen molar-refractivity contribution in [3.63, 3.8) is 0 Å². The van der Waals surface area contributed by atoms with E-state index in [1.54, 1.807) is 6.26 Å². The predicted octanol–water partition coefficient (Wildman–Crippen LogP) is 2.23. The van der Waals surface area contributed by atoms with Gasteiger partial charge < -0.3 is 10.1 Å². The molecule has 0 aliphatic carbocycles. The Kier molecular flexibility index (Phi) is 3.77. The first-order valence-corrected chi connectivity index (χ1v) is 5.53. The highest BCUT2D eigenvalue weighted by molar-refractivity contribution is 5.93. The lowest BCUT2D eigenvalue weighted by molar-refractivity contribution is -0.119. The van der Waals surface area contributed by atoms with Crippen molar-refractivity contribution in [3.8, 4) is 0 Å². The third-order valence-electron chi connectivity index (χ3n) is 2.87. The summed E-state index contributed by atoms with van der Waals surface area (Å²) in [6.45, 7) is 9.10. The van der Waals surface area contributed by atoms with E-state index in [9.17, 15) is 4.79 Å². The lowest BCUT2D eigenvalue weighted by Crippen LogP contribution is -2.42. The average molecular weight is 211 g/mol. The number of nitrogens with one attached hydrogen (secondary N) is 1. The van der Waals surface area contributed by atoms with E-state index in [-0.39, 0.29) is 17.4 Å². The van der Waals surface area contributed by atoms with Crippen LogP contribution in [0, 0.1) is 5.41 Å². The summed E-state index contributed by atoms with van der Waals surface area (Å²) in [6, 6.07) is 0.160. The molecule has 1 amide bonds. The molecular formula is C12H21NO2. The van der Waals surface area contributed by atoms with Gasteiger partial charge in [0.2, 0.25) is 0 Å². The second-order valence-corrected chi connectivity index (χ2v) is 5.18. The standard InChI is InChI=1S/C12H21NO2/c1-9(12(2,3)4)13-11(14)10-6-5-7-15-8-10/h8-9H,5-7H2,1-4H3,(H,13,14). The van der Waals surface area contributed by atoms with Crippen LogP contribution >= 0.6 is 0 Å². The van der Waals surface area contributed by atoms with Crippen molar-refractivity contribution in [2.45, 2.75) is 46.6 Å². The molecule has 1 atom stereocenters. The molecule has 0 bridgehead atoms. The summed E-state index contributed by atoms with van der Waals surface area (Å²) < 4.78 is 5.15. The lowest BCUT2D eigenvalue weighted by atomic mass is 9.88. The van der Waals surface area contributed by atoms with Crippen molar-refractivity contribution >= 4 is 5.91 Å². The molecule has 1 aliphatic rings. The maximum absolute atomic E-state index is 11.8. The van der Waals surface area contributed by atoms with Crippen LogP contribution in [0.25, 0.3) is 0 Å². The SMILES string of the molecule is CC(NC(=O)C1=COCCC1)C(C)(C)C. The summed E-state index contributed by atoms with van der Waals surface area (Å²) in [5.41, 5.74) is 0.850. The highest BCUT2D eigenvalue weighted by atomic mass is 16.5. The quantitative estimate of drug-likeness (QED) is 0.760. The van der Waals surface area contributed by atoms with Crippen molar-refractivity contribution < 1.29 is 9.53 Å². The molecule has 1 heterocycles. The van der Waals surface area contributed by atoms with Gasteiger partial charge in [-0.1, -0.05) is 20.8 Å². The van der Waals surface area contributed by atoms with Gasteiger partial charge in [-0.05, 0) is 25.2 Å². The van der Waals surface area contributed by atoms with Crippen molar-refractivity contribution in [2.75, 3.05) is 6.61 Å². The molecule has 0 aromatic rings. The van der Waals surface area contributed by atoms with Crippen LogP contribution < -0.4 is 5.32 Å². The third kappa shape index (κ3) is 3.57. The van der Waals surface area contributed by atoms with Gasteiger partial charge in [0.1, 0.15) is 0 Å². The summed E-state index contributed by atoms with van der Waals surface area (Å²) >= 11 is 0. The molecule has 86 valence electrons. The van der Waals surface area contributed by atoms with Crippen LogP contribution in [-0.4, -0.2) is 18.6 Å². The normalized spacial score (nSPS) is 18.8. The van der Waals surface area contributed by atoms with Crippen molar-refractivity contribution in [3.05, 3.63) is 11.8 Å². The Morgan fingerprint density at radius 2 is 2.20 bits per heavy atom. The van der Waals surface area contributed by atoms with Crippen LogP contribution in [0.3, 0.4) is 0 Å². The van der Waals surface area contributed by atoms with Crippen molar-refractivity contribution in [1.82, 2.24) is 5.32 Å². The summed E-state index contributed by atoms with van der Waals surface area (Å²) in [4.78, 5) is 11.8. The van der Waals surface area contributed by atoms with Gasteiger partial charge in [0.25, 0.3) is 5.91 Å². The average Bonchev–Trinajstić information content (AvgIpc) is 2.17. The Hall–Kier alpha value is -0.990. The molecule has 0 fully saturated rings. The fourth-order valence-electron chi connectivity index (χ4n) is 1.24. The Bertz CT molecular complexity index is 263. The maximum atomic E-state index is 11.8. The Labute approximate surface area is 91.9 Å². The van der Waals surface area contributed by atoms with Gasteiger partial charge in [0, 0.05) is 6.04 Å². The fraction of sp³-hybridized carbons (Fsp3) is 0.750. The Balaban J connectivity index is 2.52. The largest absolute Gasteiger partial charge is 0.501 e. The third-order valence-corrected chi connectivity index (χ3v) is 2.87. The van der Waals surface area contributed by atoms with E-state index in [1.807, 2.05) is 6.92 Å². The van der Waals surface area contributed by atoms with Crippen LogP contribution in [0.5, 0.6) is 0 Å². The molecule has 0 radical (unpaired) electrons. The maximum Gasteiger partial charge on any atom is 0.250 e. The molecule has 0 aromatic carbocycles. The molecule has 3 nitrogen and oxygen atoms in total. The van der Waals surface area contributed by atoms with Crippen molar-refractivity contribution in [1.29, 1.82) is 0 Å². The van der Waals surface area contributed by atoms with Gasteiger partial charge in [-0.15, -0.1) is 0 Å². The summed E-state index contributed by atoms with van der Waals surface area (Å²) in [6.07, 6.45) is 3.35. The first kappa shape index (κ1) is 12.1. The Morgan fingerprint density at radius 3 is 2.67 bits per heavy atom. The predicted molar refractivity (Wildman–Crippen MR) is 60.3 cm³/mol. The molecule has 1 unspecified atom stereocenters. The number of hydrogen-bond acceptors (Lipinski definition) is 2. The van der Waals surface area contributed by atoms with Gasteiger partial charge >= 0.3 is 0 Å². The first-order valence-electron chi connectivity index (χ1n) is 5.53. The highest BCUT2D eigenvalue weighted by Gasteiger charge is 2.23. The van der Waals surface area contributed by atoms with E-state index < -0.39 is 0 Å². The van der Waals surface area contributed by atoms with Crippen LogP contribution in [0.1, 0.15) is 40.5 Å². The number of carbonyl (C=O) groups excluding carboxylic acids is 1. The van der Waals surface area contributed by atoms with E-state index in [1.165, 1.54) is 0 Å². The van der Waals surface area contributed by atoms with Crippen LogP contribution in [0.2, 0.25) is 0 Å². The molecule has 1 rings (SSSR count). The van der Waals surface area contributed by atoms with Gasteiger partial charge in [-0.3, -0.25) is 4.79 Å². The lowest BCUT2D eigenvalue weighted by Gasteiger charge is -2.28. The molecule has 15 heavy (non-hydrogen) atoms. The minimum absolute atomic E-state index is 0.0112. The van der Waals surface area contributed by atoms with Crippen LogP contribution in [0.4, 0.5) is 0 Å². The van der Waals surface area contributed by atoms with E-state index in [4.69, 9.17) is 4.74 Å². The summed E-state index contributed by atoms with van der Waals surface area (Å²) in [7, 11) is 0. The van der Waals surface area contributed by atoms with E-state index in [2.05, 4.69) is 26.1 Å². The number of amides is 1. The monoisotopic (exact) mass is 211 g/mol. The minimum Gasteiger partial charge on any atom is -0.501 e. The number of rotatable bonds is 2. The fourth-order valence-corrected chi connectivity index (χ4v) is 1.24. The summed E-state index contributed by atoms with van der Waals surface area (Å²) in [5.74, 6) is 0.0112. The second-order valence-electron chi connectivity index (χ2n) is 5.18. The number of carbonyl (C=O) groups is 1. The zero-order valence-electron chi connectivity index (χ0n) is 10.1. The topological polar surface area (TPSA) is 38.3 Å². The van der Waals surface area contributed by atoms with Gasteiger partial charge in [0.15, 0.2) is 0 Å². The van der Waals surface area contributed by atoms with E-state index in [0.717, 1.165) is 25.0 Å². The second kappa shape index (κ2) is 4.69. The molecule has 0 saturated heterocycles. The van der Waals surface area contributed by atoms with E-state index >= 15 is 0 Å². The molecular weight excluding hydrogens is 190 g/mol. The highest BCUT2D eigenvalue weighted by Crippen LogP contribution is 2.19. The first-order chi connectivity index (χ1) is 6.91. The zero-order chi connectivity index (χ0) is 11.5. The number of hydrogen-bond donors (Lipinski definition) is 1. The van der Waals surface area contributed by atoms with Crippen LogP contribution in [0.15, 0.2) is 11.8 Å². The zero-order valence-corrected chi connectivity index (χ0v) is 10.1. The summed E-state index contributed by atoms with van der Waals surface area (Å²) in [5, 5.41) is 3.00. The van der Waals surface area contributed by atoms with Gasteiger partial charge in [-0.2, -0.15) is 0 Å². The van der Waals surface area contributed by atoms with E-state index in [0.29, 0.717) is 0 Å². The smallest absolute Gasteiger partial charge is 0.250 e. The molecule has 1 aliphatic heterocycles. The Morgan fingerprint density at radius 1 is 1.53 bits per heavy atom. The number of ether oxygens (including phenoxy) is 1. The molecule has 1 N–H and O–H groups in total. The molecule has 0 spiro atoms. The molecule has 0 saturated carbocycles. The van der Waals surface area contributed by atoms with Gasteiger partial charge in [-0.25, -0.2) is 0 Å². The van der Waals surface area contributed by atoms with Gasteiger partial charge in [0.05, 0.1) is 18.4 Å². The van der Waals surface area contributed by atoms with Crippen molar-refractivity contribution in [2.24, 2.45) is 5.41 Å².